The number of nitrogens with two attached hydrogens (primary N) is 1. The van der Waals surface area contributed by atoms with Gasteiger partial charge < -0.3 is 10.1 Å². The summed E-state index contributed by atoms with van der Waals surface area (Å²) in [4.78, 5) is 12.5. The van der Waals surface area contributed by atoms with E-state index < -0.39 is 0 Å². The van der Waals surface area contributed by atoms with Crippen LogP contribution >= 0.6 is 0 Å². The zero-order valence-electron chi connectivity index (χ0n) is 11.8. The average Bonchev–Trinajstić information content (AvgIpc) is 3.07. The zero-order chi connectivity index (χ0) is 13.9. The Bertz CT molecular complexity index is 468. The Morgan fingerprint density at radius 1 is 1.20 bits per heavy atom. The summed E-state index contributed by atoms with van der Waals surface area (Å²) >= 11 is 0. The molecule has 1 aromatic rings. The van der Waals surface area contributed by atoms with Crippen molar-refractivity contribution in [1.29, 1.82) is 0 Å². The van der Waals surface area contributed by atoms with Gasteiger partial charge in [0.25, 0.3) is 0 Å². The maximum atomic E-state index is 5.37. The molecule has 3 atom stereocenters. The summed E-state index contributed by atoms with van der Waals surface area (Å²) in [5, 5.41) is 3.31. The fourth-order valence-corrected chi connectivity index (χ4v) is 3.54. The predicted molar refractivity (Wildman–Crippen MR) is 76.2 cm³/mol. The van der Waals surface area contributed by atoms with Crippen molar-refractivity contribution in [2.45, 2.75) is 32.6 Å². The van der Waals surface area contributed by atoms with Crippen LogP contribution in [0.4, 0.5) is 11.9 Å². The lowest BCUT2D eigenvalue weighted by atomic mass is 9.89. The molecule has 1 heterocycles. The van der Waals surface area contributed by atoms with Gasteiger partial charge in [-0.3, -0.25) is 5.43 Å². The summed E-state index contributed by atoms with van der Waals surface area (Å²) in [6.45, 7) is 3.32. The predicted octanol–water partition coefficient (Wildman–Crippen LogP) is 1.40. The van der Waals surface area contributed by atoms with Gasteiger partial charge in [-0.15, -0.1) is 0 Å². The lowest BCUT2D eigenvalue weighted by molar-refractivity contribution is 0.312. The molecule has 2 fully saturated rings. The van der Waals surface area contributed by atoms with Gasteiger partial charge in [-0.2, -0.15) is 15.0 Å². The summed E-state index contributed by atoms with van der Waals surface area (Å²) < 4.78 is 5.31. The molecule has 2 bridgehead atoms. The Morgan fingerprint density at radius 3 is 2.70 bits per heavy atom. The zero-order valence-corrected chi connectivity index (χ0v) is 11.8. The van der Waals surface area contributed by atoms with Crippen molar-refractivity contribution in [3.05, 3.63) is 0 Å². The van der Waals surface area contributed by atoms with Crippen LogP contribution in [0.15, 0.2) is 0 Å². The number of anilines is 2. The Kier molecular flexibility index (Phi) is 3.86. The van der Waals surface area contributed by atoms with Gasteiger partial charge in [0.2, 0.25) is 11.9 Å². The second-order valence-electron chi connectivity index (χ2n) is 5.66. The molecule has 0 amide bonds. The maximum Gasteiger partial charge on any atom is 0.323 e. The molecule has 7 heteroatoms. The smallest absolute Gasteiger partial charge is 0.323 e. The monoisotopic (exact) mass is 278 g/mol. The summed E-state index contributed by atoms with van der Waals surface area (Å²) in [7, 11) is 0. The largest absolute Gasteiger partial charge is 0.464 e. The first-order chi connectivity index (χ1) is 9.78. The molecule has 0 aliphatic heterocycles. The molecule has 0 saturated heterocycles. The van der Waals surface area contributed by atoms with Crippen LogP contribution in [0.5, 0.6) is 6.01 Å². The number of nitrogens with zero attached hydrogens (tertiary/aromatic N) is 3. The lowest BCUT2D eigenvalue weighted by Gasteiger charge is -2.21. The van der Waals surface area contributed by atoms with E-state index in [0.29, 0.717) is 24.5 Å². The Morgan fingerprint density at radius 2 is 2.05 bits per heavy atom. The quantitative estimate of drug-likeness (QED) is 0.534. The van der Waals surface area contributed by atoms with Crippen molar-refractivity contribution in [3.8, 4) is 6.01 Å². The van der Waals surface area contributed by atoms with Crippen LogP contribution in [-0.4, -0.2) is 28.1 Å². The van der Waals surface area contributed by atoms with Crippen LogP contribution in [0.2, 0.25) is 0 Å². The fourth-order valence-electron chi connectivity index (χ4n) is 3.54. The molecule has 2 saturated carbocycles. The van der Waals surface area contributed by atoms with Crippen molar-refractivity contribution in [2.24, 2.45) is 23.6 Å². The molecular weight excluding hydrogens is 256 g/mol. The highest BCUT2D eigenvalue weighted by Crippen LogP contribution is 2.48. The Balaban J connectivity index is 1.62. The van der Waals surface area contributed by atoms with Crippen LogP contribution in [0.25, 0.3) is 0 Å². The number of hydrogen-bond acceptors (Lipinski definition) is 7. The van der Waals surface area contributed by atoms with Gasteiger partial charge in [0, 0.05) is 6.54 Å². The highest BCUT2D eigenvalue weighted by molar-refractivity contribution is 5.35. The van der Waals surface area contributed by atoms with Crippen LogP contribution in [0.1, 0.15) is 32.6 Å². The van der Waals surface area contributed by atoms with Gasteiger partial charge in [0.15, 0.2) is 0 Å². The SMILES string of the molecule is CCOc1nc(NN)nc(NCC2CC3CCC2C3)n1. The molecule has 2 aliphatic carbocycles. The standard InChI is InChI=1S/C13H22N6O/c1-2-20-13-17-11(16-12(18-13)19-14)15-7-10-6-8-3-4-9(10)5-8/h8-10H,2-7,14H2,1H3,(H2,15,16,17,18,19). The van der Waals surface area contributed by atoms with Crippen molar-refractivity contribution < 1.29 is 4.74 Å². The summed E-state index contributed by atoms with van der Waals surface area (Å²) in [5.41, 5.74) is 2.44. The third-order valence-corrected chi connectivity index (χ3v) is 4.42. The molecule has 3 unspecified atom stereocenters. The molecule has 1 aromatic heterocycles. The number of fused-ring (bicyclic) bond motifs is 2. The second-order valence-corrected chi connectivity index (χ2v) is 5.66. The molecule has 4 N–H and O–H groups in total. The third-order valence-electron chi connectivity index (χ3n) is 4.42. The topological polar surface area (TPSA) is 98.0 Å². The minimum Gasteiger partial charge on any atom is -0.464 e. The molecule has 110 valence electrons. The van der Waals surface area contributed by atoms with Gasteiger partial charge in [0.05, 0.1) is 6.61 Å². The minimum absolute atomic E-state index is 0.297. The number of nitrogens with one attached hydrogen (secondary N) is 2. The highest BCUT2D eigenvalue weighted by Gasteiger charge is 2.39. The number of nitrogen functional groups attached to an aromatic ring is 1. The average molecular weight is 278 g/mol. The van der Waals surface area contributed by atoms with E-state index in [-0.39, 0.29) is 0 Å². The molecule has 0 aromatic carbocycles. The van der Waals surface area contributed by atoms with Crippen LogP contribution in [0.3, 0.4) is 0 Å². The van der Waals surface area contributed by atoms with E-state index in [1.54, 1.807) is 0 Å². The van der Waals surface area contributed by atoms with Crippen molar-refractivity contribution >= 4 is 11.9 Å². The Hall–Kier alpha value is -1.63. The molecule has 2 aliphatic rings. The fraction of sp³-hybridized carbons (Fsp3) is 0.769. The van der Waals surface area contributed by atoms with E-state index in [2.05, 4.69) is 25.7 Å². The third kappa shape index (κ3) is 2.77. The van der Waals surface area contributed by atoms with Crippen LogP contribution < -0.4 is 21.3 Å². The van der Waals surface area contributed by atoms with Crippen molar-refractivity contribution in [3.63, 3.8) is 0 Å². The van der Waals surface area contributed by atoms with Crippen molar-refractivity contribution in [1.82, 2.24) is 15.0 Å². The highest BCUT2D eigenvalue weighted by atomic mass is 16.5. The van der Waals surface area contributed by atoms with Crippen LogP contribution in [0, 0.1) is 17.8 Å². The first-order valence-corrected chi connectivity index (χ1v) is 7.37. The van der Waals surface area contributed by atoms with E-state index in [9.17, 15) is 0 Å². The van der Waals surface area contributed by atoms with Gasteiger partial charge in [0.1, 0.15) is 0 Å². The second kappa shape index (κ2) is 5.78. The van der Waals surface area contributed by atoms with E-state index in [4.69, 9.17) is 10.6 Å². The number of rotatable bonds is 6. The summed E-state index contributed by atoms with van der Waals surface area (Å²) in [5.74, 6) is 8.79. The summed E-state index contributed by atoms with van der Waals surface area (Å²) in [6, 6.07) is 0.297. The molecule has 0 spiro atoms. The molecule has 20 heavy (non-hydrogen) atoms. The lowest BCUT2D eigenvalue weighted by Crippen LogP contribution is -2.22. The molecular formula is C13H22N6O. The Labute approximate surface area is 118 Å². The van der Waals surface area contributed by atoms with Gasteiger partial charge in [-0.1, -0.05) is 6.42 Å². The van der Waals surface area contributed by atoms with E-state index in [1.165, 1.54) is 25.7 Å². The number of aromatic nitrogens is 3. The summed E-state index contributed by atoms with van der Waals surface area (Å²) in [6.07, 6.45) is 5.54. The number of hydrogen-bond donors (Lipinski definition) is 3. The molecule has 7 nitrogen and oxygen atoms in total. The number of hydrazine groups is 1. The van der Waals surface area contributed by atoms with E-state index in [0.717, 1.165) is 24.3 Å². The number of ether oxygens (including phenoxy) is 1. The molecule has 3 rings (SSSR count). The van der Waals surface area contributed by atoms with E-state index >= 15 is 0 Å². The molecule has 0 radical (unpaired) electrons. The maximum absolute atomic E-state index is 5.37. The normalized spacial score (nSPS) is 27.6. The van der Waals surface area contributed by atoms with Gasteiger partial charge in [-0.05, 0) is 43.9 Å². The van der Waals surface area contributed by atoms with Crippen molar-refractivity contribution in [2.75, 3.05) is 23.9 Å². The van der Waals surface area contributed by atoms with Gasteiger partial charge >= 0.3 is 6.01 Å². The van der Waals surface area contributed by atoms with E-state index in [1.807, 2.05) is 6.92 Å². The first-order valence-electron chi connectivity index (χ1n) is 7.37. The van der Waals surface area contributed by atoms with Crippen LogP contribution in [-0.2, 0) is 0 Å². The van der Waals surface area contributed by atoms with Gasteiger partial charge in [-0.25, -0.2) is 5.84 Å². The first kappa shape index (κ1) is 13.4. The minimum atomic E-state index is 0.297.